The Morgan fingerprint density at radius 3 is 1.22 bits per heavy atom. The van der Waals surface area contributed by atoms with Crippen LogP contribution in [0.4, 0.5) is 0 Å². The molecule has 2 aliphatic rings. The second-order valence-corrected chi connectivity index (χ2v) is 24.3. The van der Waals surface area contributed by atoms with E-state index in [2.05, 4.69) is 19.2 Å². The minimum absolute atomic E-state index is 0.101. The summed E-state index contributed by atoms with van der Waals surface area (Å²) in [6.07, 6.45) is 15.9. The van der Waals surface area contributed by atoms with Gasteiger partial charge < -0.3 is 75.9 Å². The first-order valence-electron chi connectivity index (χ1n) is 31.2. The van der Waals surface area contributed by atoms with E-state index in [1.807, 2.05) is 0 Å². The van der Waals surface area contributed by atoms with E-state index in [-0.39, 0.29) is 12.8 Å². The van der Waals surface area contributed by atoms with Gasteiger partial charge in [-0.1, -0.05) is 245 Å². The summed E-state index contributed by atoms with van der Waals surface area (Å²) >= 11 is 0. The van der Waals surface area contributed by atoms with Crippen molar-refractivity contribution in [2.24, 2.45) is 0 Å². The first-order chi connectivity index (χ1) is 37.5. The molecule has 0 spiro atoms. The molecular formula is C58H114NO18P. The second-order valence-electron chi connectivity index (χ2n) is 22.9. The summed E-state index contributed by atoms with van der Waals surface area (Å²) in [6, 6.07) is -1.59. The van der Waals surface area contributed by atoms with Crippen molar-refractivity contribution in [1.29, 1.82) is 0 Å². The average Bonchev–Trinajstić information content (AvgIpc) is 3.47. The summed E-state index contributed by atoms with van der Waals surface area (Å²) in [5.41, 5.74) is 0. The normalized spacial score (nSPS) is 27.1. The van der Waals surface area contributed by atoms with Crippen molar-refractivity contribution in [3.05, 3.63) is 0 Å². The Morgan fingerprint density at radius 1 is 0.487 bits per heavy atom. The van der Waals surface area contributed by atoms with Crippen LogP contribution in [0.15, 0.2) is 0 Å². The Labute approximate surface area is 469 Å². The van der Waals surface area contributed by atoms with Crippen molar-refractivity contribution < 1.29 is 88.9 Å². The Morgan fingerprint density at radius 2 is 0.833 bits per heavy atom. The van der Waals surface area contributed by atoms with Crippen LogP contribution >= 0.6 is 7.82 Å². The first-order valence-corrected chi connectivity index (χ1v) is 32.7. The number of phosphoric acid groups is 1. The smallest absolute Gasteiger partial charge is 0.394 e. The van der Waals surface area contributed by atoms with Gasteiger partial charge in [-0.3, -0.25) is 13.8 Å². The third-order valence-electron chi connectivity index (χ3n) is 16.0. The maximum absolute atomic E-state index is 13.6. The summed E-state index contributed by atoms with van der Waals surface area (Å²) in [7, 11) is -5.50. The molecule has 1 aliphatic carbocycles. The Hall–Kier alpha value is -0.940. The third-order valence-corrected chi connectivity index (χ3v) is 17.0. The molecule has 1 amide bonds. The largest absolute Gasteiger partial charge is 0.472 e. The summed E-state index contributed by atoms with van der Waals surface area (Å²) in [6.45, 7) is 2.62. The topological polar surface area (TPSA) is 326 Å². The highest BCUT2D eigenvalue weighted by Crippen LogP contribution is 2.48. The number of hydrogen-bond acceptors (Lipinski definition) is 17. The van der Waals surface area contributed by atoms with Crippen LogP contribution in [-0.4, -0.2) is 172 Å². The standard InChI is InChI=1S/C58H114NO18P/c1-3-5-7-9-11-13-15-17-19-20-21-22-23-24-25-26-28-30-32-34-36-38-40-45(62)57(71)59-43(47(63)44(61)39-37-35-33-31-29-27-18-16-14-12-10-8-6-4-2)42-74-78(72,73)77-56-53(69)51(67)50(66)52(68)55(56)76-58-54(70)49(65)48(64)46(41-60)75-58/h43-56,58,60-70H,3-42H2,1-2H3,(H,59,71)(H,72,73)/t43-,44+,45?,46+,47-,48+,49?,50?,51?,52+,53?,54?,55?,56-,58+/m0/s1. The van der Waals surface area contributed by atoms with Crippen LogP contribution in [0.2, 0.25) is 0 Å². The predicted octanol–water partition coefficient (Wildman–Crippen LogP) is 7.56. The van der Waals surface area contributed by atoms with Gasteiger partial charge in [0.05, 0.1) is 25.4 Å². The molecule has 0 aromatic heterocycles. The highest BCUT2D eigenvalue weighted by atomic mass is 31.2. The van der Waals surface area contributed by atoms with E-state index in [0.717, 1.165) is 57.8 Å². The molecule has 0 radical (unpaired) electrons. The molecule has 20 heteroatoms. The molecule has 2 fully saturated rings. The number of nitrogens with one attached hydrogen (secondary N) is 1. The number of ether oxygens (including phenoxy) is 2. The first kappa shape index (κ1) is 73.2. The highest BCUT2D eigenvalue weighted by Gasteiger charge is 2.55. The maximum Gasteiger partial charge on any atom is 0.472 e. The minimum atomic E-state index is -5.50. The molecule has 1 saturated heterocycles. The highest BCUT2D eigenvalue weighted by molar-refractivity contribution is 7.47. The van der Waals surface area contributed by atoms with Gasteiger partial charge in [0.15, 0.2) is 6.29 Å². The number of carbonyl (C=O) groups is 1. The molecular weight excluding hydrogens is 1030 g/mol. The summed E-state index contributed by atoms with van der Waals surface area (Å²) in [5, 5.41) is 119. The lowest BCUT2D eigenvalue weighted by atomic mass is 9.84. The van der Waals surface area contributed by atoms with Gasteiger partial charge in [0, 0.05) is 0 Å². The molecule has 0 bridgehead atoms. The van der Waals surface area contributed by atoms with Gasteiger partial charge >= 0.3 is 7.82 Å². The SMILES string of the molecule is CCCCCCCCCCCCCCCCCCCCCCCCC(O)C(=O)N[C@@H](COP(=O)(O)O[C@H]1C(O)C(O)C(O)[C@@H](O)C1O[C@H]1O[C@H](CO)[C@@H](O)C(O)C1O)[C@H](O)[C@H](O)CCCCCCCCCCCCCCCC. The van der Waals surface area contributed by atoms with Crippen molar-refractivity contribution >= 4 is 13.7 Å². The van der Waals surface area contributed by atoms with Crippen LogP contribution < -0.4 is 5.32 Å². The maximum atomic E-state index is 13.6. The van der Waals surface area contributed by atoms with E-state index < -0.39 is 119 Å². The van der Waals surface area contributed by atoms with Gasteiger partial charge in [0.25, 0.3) is 0 Å². The van der Waals surface area contributed by atoms with Gasteiger partial charge in [-0.05, 0) is 12.8 Å². The van der Waals surface area contributed by atoms with Crippen molar-refractivity contribution in [2.75, 3.05) is 13.2 Å². The van der Waals surface area contributed by atoms with Crippen LogP contribution in [0.25, 0.3) is 0 Å². The van der Waals surface area contributed by atoms with Crippen molar-refractivity contribution in [3.8, 4) is 0 Å². The van der Waals surface area contributed by atoms with Gasteiger partial charge in [0.1, 0.15) is 73.2 Å². The number of phosphoric ester groups is 1. The molecule has 8 unspecified atom stereocenters. The number of carbonyl (C=O) groups excluding carboxylic acids is 1. The molecule has 0 aromatic carbocycles. The van der Waals surface area contributed by atoms with Crippen molar-refractivity contribution in [2.45, 2.75) is 350 Å². The van der Waals surface area contributed by atoms with E-state index in [0.29, 0.717) is 12.8 Å². The molecule has 1 aliphatic heterocycles. The van der Waals surface area contributed by atoms with E-state index in [1.165, 1.54) is 161 Å². The lowest BCUT2D eigenvalue weighted by molar-refractivity contribution is -0.338. The van der Waals surface area contributed by atoms with Crippen LogP contribution in [0.1, 0.15) is 258 Å². The fraction of sp³-hybridized carbons (Fsp3) is 0.983. The minimum Gasteiger partial charge on any atom is -0.394 e. The quantitative estimate of drug-likeness (QED) is 0.0206. The average molecular weight is 1140 g/mol. The van der Waals surface area contributed by atoms with E-state index in [4.69, 9.17) is 18.5 Å². The molecule has 1 saturated carbocycles. The molecule has 19 nitrogen and oxygen atoms in total. The fourth-order valence-electron chi connectivity index (χ4n) is 10.7. The number of amides is 1. The summed E-state index contributed by atoms with van der Waals surface area (Å²) < 4.78 is 34.8. The number of unbranched alkanes of at least 4 members (excludes halogenated alkanes) is 34. The van der Waals surface area contributed by atoms with Crippen LogP contribution in [0.3, 0.4) is 0 Å². The molecule has 2 rings (SSSR count). The predicted molar refractivity (Wildman–Crippen MR) is 300 cm³/mol. The van der Waals surface area contributed by atoms with Crippen LogP contribution in [0.5, 0.6) is 0 Å². The summed E-state index contributed by atoms with van der Waals surface area (Å²) in [4.78, 5) is 24.4. The van der Waals surface area contributed by atoms with Gasteiger partial charge in [-0.2, -0.15) is 0 Å². The Balaban J connectivity index is 1.89. The fourth-order valence-corrected chi connectivity index (χ4v) is 11.7. The number of rotatable bonds is 50. The van der Waals surface area contributed by atoms with Gasteiger partial charge in [-0.15, -0.1) is 0 Å². The Kier molecular flexibility index (Phi) is 41.8. The van der Waals surface area contributed by atoms with Crippen LogP contribution in [-0.2, 0) is 27.9 Å². The molecule has 0 aromatic rings. The lowest BCUT2D eigenvalue weighted by Gasteiger charge is -2.47. The Bertz CT molecular complexity index is 1490. The van der Waals surface area contributed by atoms with E-state index in [1.54, 1.807) is 0 Å². The second kappa shape index (κ2) is 44.6. The van der Waals surface area contributed by atoms with Crippen LogP contribution in [0, 0.1) is 0 Å². The zero-order valence-corrected chi connectivity index (χ0v) is 49.1. The monoisotopic (exact) mass is 1140 g/mol. The molecule has 16 atom stereocenters. The number of aliphatic hydroxyl groups is 11. The van der Waals surface area contributed by atoms with E-state index in [9.17, 15) is 70.4 Å². The molecule has 13 N–H and O–H groups in total. The van der Waals surface area contributed by atoms with Gasteiger partial charge in [-0.25, -0.2) is 4.57 Å². The summed E-state index contributed by atoms with van der Waals surface area (Å²) in [5.74, 6) is -0.917. The number of hydrogen-bond donors (Lipinski definition) is 13. The zero-order valence-electron chi connectivity index (χ0n) is 48.2. The third kappa shape index (κ3) is 30.6. The lowest BCUT2D eigenvalue weighted by Crippen LogP contribution is -2.67. The van der Waals surface area contributed by atoms with Gasteiger partial charge in [0.2, 0.25) is 5.91 Å². The molecule has 78 heavy (non-hydrogen) atoms. The van der Waals surface area contributed by atoms with E-state index >= 15 is 0 Å². The molecule has 464 valence electrons. The van der Waals surface area contributed by atoms with Crippen molar-refractivity contribution in [1.82, 2.24) is 5.32 Å². The number of aliphatic hydroxyl groups excluding tert-OH is 11. The van der Waals surface area contributed by atoms with Crippen molar-refractivity contribution in [3.63, 3.8) is 0 Å². The molecule has 1 heterocycles. The zero-order chi connectivity index (χ0) is 57.6.